The topological polar surface area (TPSA) is 107 Å². The third-order valence-corrected chi connectivity index (χ3v) is 4.08. The number of carboxylic acids is 1. The largest absolute Gasteiger partial charge is 0.478 e. The first-order valence-corrected chi connectivity index (χ1v) is 7.70. The Kier molecular flexibility index (Phi) is 5.54. The van der Waals surface area contributed by atoms with Crippen molar-refractivity contribution >= 4 is 29.4 Å². The summed E-state index contributed by atoms with van der Waals surface area (Å²) in [6.07, 6.45) is 0. The van der Waals surface area contributed by atoms with Crippen LogP contribution in [-0.4, -0.2) is 28.6 Å². The van der Waals surface area contributed by atoms with E-state index in [9.17, 15) is 24.8 Å². The van der Waals surface area contributed by atoms with Gasteiger partial charge in [0.1, 0.15) is 0 Å². The highest BCUT2D eigenvalue weighted by atomic mass is 32.2. The first kappa shape index (κ1) is 17.5. The molecule has 2 aromatic rings. The van der Waals surface area contributed by atoms with Gasteiger partial charge in [-0.05, 0) is 37.3 Å². The fourth-order valence-electron chi connectivity index (χ4n) is 1.89. The summed E-state index contributed by atoms with van der Waals surface area (Å²) in [5, 5.41) is 20.0. The number of esters is 1. The molecule has 0 bridgehead atoms. The van der Waals surface area contributed by atoms with E-state index in [2.05, 4.69) is 0 Å². The summed E-state index contributed by atoms with van der Waals surface area (Å²) >= 11 is 1.14. The van der Waals surface area contributed by atoms with Crippen LogP contribution in [0.1, 0.15) is 27.6 Å². The minimum atomic E-state index is -1.18. The minimum absolute atomic E-state index is 0.0381. The molecule has 24 heavy (non-hydrogen) atoms. The Morgan fingerprint density at radius 3 is 2.42 bits per heavy atom. The van der Waals surface area contributed by atoms with Crippen LogP contribution in [0.5, 0.6) is 0 Å². The number of nitro benzene ring substituents is 1. The van der Waals surface area contributed by atoms with E-state index in [0.29, 0.717) is 9.79 Å². The highest BCUT2D eigenvalue weighted by Gasteiger charge is 2.16. The van der Waals surface area contributed by atoms with Gasteiger partial charge in [0.25, 0.3) is 5.69 Å². The van der Waals surface area contributed by atoms with Gasteiger partial charge in [-0.15, -0.1) is 0 Å². The van der Waals surface area contributed by atoms with Gasteiger partial charge >= 0.3 is 11.9 Å². The monoisotopic (exact) mass is 347 g/mol. The number of hydrogen-bond donors (Lipinski definition) is 1. The first-order valence-electron chi connectivity index (χ1n) is 6.89. The smallest absolute Gasteiger partial charge is 0.338 e. The number of non-ortho nitro benzene ring substituents is 1. The highest BCUT2D eigenvalue weighted by Crippen LogP contribution is 2.32. The van der Waals surface area contributed by atoms with Crippen molar-refractivity contribution in [3.8, 4) is 0 Å². The average molecular weight is 347 g/mol. The zero-order chi connectivity index (χ0) is 17.7. The molecule has 0 heterocycles. The Labute approximate surface area is 141 Å². The van der Waals surface area contributed by atoms with E-state index >= 15 is 0 Å². The maximum absolute atomic E-state index is 11.7. The number of aromatic carboxylic acids is 1. The molecule has 0 atom stereocenters. The number of nitrogens with zero attached hydrogens (tertiary/aromatic N) is 1. The second-order valence-electron chi connectivity index (χ2n) is 4.59. The molecule has 0 aliphatic heterocycles. The van der Waals surface area contributed by atoms with Crippen molar-refractivity contribution in [3.05, 3.63) is 63.7 Å². The summed E-state index contributed by atoms with van der Waals surface area (Å²) in [6, 6.07) is 10.0. The molecule has 8 heteroatoms. The van der Waals surface area contributed by atoms with Crippen LogP contribution in [0.15, 0.2) is 52.3 Å². The van der Waals surface area contributed by atoms with Gasteiger partial charge in [0.15, 0.2) is 0 Å². The van der Waals surface area contributed by atoms with Gasteiger partial charge in [-0.1, -0.05) is 11.8 Å². The summed E-state index contributed by atoms with van der Waals surface area (Å²) in [6.45, 7) is 1.86. The van der Waals surface area contributed by atoms with Gasteiger partial charge in [0, 0.05) is 21.9 Å². The van der Waals surface area contributed by atoms with Gasteiger partial charge in [-0.25, -0.2) is 9.59 Å². The molecular weight excluding hydrogens is 334 g/mol. The summed E-state index contributed by atoms with van der Waals surface area (Å²) in [5.74, 6) is -1.77. The molecule has 124 valence electrons. The van der Waals surface area contributed by atoms with Crippen LogP contribution in [0.4, 0.5) is 5.69 Å². The molecule has 0 aliphatic carbocycles. The van der Waals surface area contributed by atoms with Crippen molar-refractivity contribution in [2.24, 2.45) is 0 Å². The van der Waals surface area contributed by atoms with Crippen molar-refractivity contribution in [2.45, 2.75) is 16.7 Å². The predicted octanol–water partition coefficient (Wildman–Crippen LogP) is 3.62. The number of hydrogen-bond acceptors (Lipinski definition) is 6. The normalized spacial score (nSPS) is 10.2. The molecule has 2 rings (SSSR count). The quantitative estimate of drug-likeness (QED) is 0.483. The van der Waals surface area contributed by atoms with Gasteiger partial charge in [0.05, 0.1) is 22.7 Å². The lowest BCUT2D eigenvalue weighted by atomic mass is 10.1. The van der Waals surface area contributed by atoms with Gasteiger partial charge in [-0.2, -0.15) is 0 Å². The lowest BCUT2D eigenvalue weighted by molar-refractivity contribution is -0.384. The molecule has 0 aromatic heterocycles. The van der Waals surface area contributed by atoms with E-state index in [1.54, 1.807) is 6.92 Å². The zero-order valence-corrected chi connectivity index (χ0v) is 13.4. The van der Waals surface area contributed by atoms with Crippen molar-refractivity contribution in [1.82, 2.24) is 0 Å². The molecule has 0 saturated heterocycles. The molecule has 0 radical (unpaired) electrons. The fraction of sp³-hybridized carbons (Fsp3) is 0.125. The molecule has 0 amide bonds. The second kappa shape index (κ2) is 7.60. The molecule has 7 nitrogen and oxygen atoms in total. The third-order valence-electron chi connectivity index (χ3n) is 3.00. The van der Waals surface area contributed by atoms with Crippen LogP contribution < -0.4 is 0 Å². The standard InChI is InChI=1S/C16H13NO6S/c1-2-23-16(20)10-3-8-14(13(9-10)15(18)19)24-12-6-4-11(5-7-12)17(21)22/h3-9H,2H2,1H3,(H,18,19). The van der Waals surface area contributed by atoms with Gasteiger partial charge in [-0.3, -0.25) is 10.1 Å². The van der Waals surface area contributed by atoms with Crippen molar-refractivity contribution in [1.29, 1.82) is 0 Å². The zero-order valence-electron chi connectivity index (χ0n) is 12.6. The van der Waals surface area contributed by atoms with Crippen LogP contribution in [0.3, 0.4) is 0 Å². The van der Waals surface area contributed by atoms with Crippen LogP contribution in [0, 0.1) is 10.1 Å². The van der Waals surface area contributed by atoms with Crippen LogP contribution in [-0.2, 0) is 4.74 Å². The first-order chi connectivity index (χ1) is 11.4. The molecule has 0 fully saturated rings. The summed E-state index contributed by atoms with van der Waals surface area (Å²) in [5.41, 5.74) is 0.0710. The molecule has 0 saturated carbocycles. The van der Waals surface area contributed by atoms with E-state index in [0.717, 1.165) is 11.8 Å². The third kappa shape index (κ3) is 4.11. The van der Waals surface area contributed by atoms with E-state index in [1.165, 1.54) is 42.5 Å². The Balaban J connectivity index is 2.30. The lowest BCUT2D eigenvalue weighted by Gasteiger charge is -2.08. The Bertz CT molecular complexity index is 788. The molecular formula is C16H13NO6S. The SMILES string of the molecule is CCOC(=O)c1ccc(Sc2ccc([N+](=O)[O-])cc2)c(C(=O)O)c1. The van der Waals surface area contributed by atoms with Crippen LogP contribution >= 0.6 is 11.8 Å². The number of ether oxygens (including phenoxy) is 1. The highest BCUT2D eigenvalue weighted by molar-refractivity contribution is 7.99. The number of carboxylic acid groups (broad SMARTS) is 1. The fourth-order valence-corrected chi connectivity index (χ4v) is 2.81. The summed E-state index contributed by atoms with van der Waals surface area (Å²) < 4.78 is 4.85. The maximum atomic E-state index is 11.7. The molecule has 0 unspecified atom stereocenters. The number of carbonyl (C=O) groups excluding carboxylic acids is 1. The molecule has 0 aliphatic rings. The van der Waals surface area contributed by atoms with Gasteiger partial charge < -0.3 is 9.84 Å². The second-order valence-corrected chi connectivity index (χ2v) is 5.70. The number of carbonyl (C=O) groups is 2. The molecule has 2 aromatic carbocycles. The number of rotatable bonds is 6. The van der Waals surface area contributed by atoms with Gasteiger partial charge in [0.2, 0.25) is 0 Å². The van der Waals surface area contributed by atoms with Crippen molar-refractivity contribution < 1.29 is 24.4 Å². The lowest BCUT2D eigenvalue weighted by Crippen LogP contribution is -2.07. The maximum Gasteiger partial charge on any atom is 0.338 e. The minimum Gasteiger partial charge on any atom is -0.478 e. The molecule has 0 spiro atoms. The Hall–Kier alpha value is -2.87. The van der Waals surface area contributed by atoms with Crippen molar-refractivity contribution in [2.75, 3.05) is 6.61 Å². The average Bonchev–Trinajstić information content (AvgIpc) is 2.55. The summed E-state index contributed by atoms with van der Waals surface area (Å²) in [4.78, 5) is 34.3. The van der Waals surface area contributed by atoms with E-state index < -0.39 is 16.9 Å². The number of nitro groups is 1. The molecule has 1 N–H and O–H groups in total. The van der Waals surface area contributed by atoms with Crippen LogP contribution in [0.25, 0.3) is 0 Å². The van der Waals surface area contributed by atoms with E-state index in [-0.39, 0.29) is 23.4 Å². The van der Waals surface area contributed by atoms with Crippen molar-refractivity contribution in [3.63, 3.8) is 0 Å². The number of benzene rings is 2. The van der Waals surface area contributed by atoms with Crippen LogP contribution in [0.2, 0.25) is 0 Å². The van der Waals surface area contributed by atoms with E-state index in [4.69, 9.17) is 4.74 Å². The Morgan fingerprint density at radius 2 is 1.88 bits per heavy atom. The Morgan fingerprint density at radius 1 is 1.21 bits per heavy atom. The van der Waals surface area contributed by atoms with E-state index in [1.807, 2.05) is 0 Å². The predicted molar refractivity (Wildman–Crippen MR) is 86.6 cm³/mol. The summed E-state index contributed by atoms with van der Waals surface area (Å²) in [7, 11) is 0.